The molecule has 0 aliphatic carbocycles. The smallest absolute Gasteiger partial charge is 0.0525 e. The van der Waals surface area contributed by atoms with Gasteiger partial charge in [0.25, 0.3) is 0 Å². The molecule has 1 aliphatic heterocycles. The predicted molar refractivity (Wildman–Crippen MR) is 89.7 cm³/mol. The number of nitrogens with zero attached hydrogens (tertiary/aromatic N) is 1. The largest absolute Gasteiger partial charge is 0.314 e. The lowest BCUT2D eigenvalue weighted by atomic mass is 10.1. The molecule has 0 radical (unpaired) electrons. The van der Waals surface area contributed by atoms with Crippen LogP contribution >= 0.6 is 0 Å². The average molecular weight is 285 g/mol. The Hall–Kier alpha value is 0.137. The van der Waals surface area contributed by atoms with Crippen molar-refractivity contribution in [1.29, 1.82) is 0 Å². The molecule has 114 valence electrons. The van der Waals surface area contributed by atoms with Crippen molar-refractivity contribution in [3.63, 3.8) is 0 Å². The maximum Gasteiger partial charge on any atom is 0.0525 e. The topological polar surface area (TPSA) is 15.3 Å². The Morgan fingerprint density at radius 1 is 1.00 bits per heavy atom. The van der Waals surface area contributed by atoms with Crippen LogP contribution in [0.4, 0.5) is 0 Å². The molecule has 0 saturated carbocycles. The fourth-order valence-electron chi connectivity index (χ4n) is 3.15. The molecule has 1 N–H and O–H groups in total. The van der Waals surface area contributed by atoms with Crippen molar-refractivity contribution in [3.8, 4) is 0 Å². The normalized spacial score (nSPS) is 21.2. The number of hydrogen-bond donors (Lipinski definition) is 1. The van der Waals surface area contributed by atoms with E-state index in [0.717, 1.165) is 5.67 Å². The fraction of sp³-hybridized carbons (Fsp3) is 1.00. The minimum absolute atomic E-state index is 0.524. The summed E-state index contributed by atoms with van der Waals surface area (Å²) in [5, 5.41) is 3.57. The minimum atomic E-state index is -0.524. The molecule has 1 rings (SSSR count). The lowest BCUT2D eigenvalue weighted by Crippen LogP contribution is -2.56. The highest BCUT2D eigenvalue weighted by Crippen LogP contribution is 2.12. The van der Waals surface area contributed by atoms with Gasteiger partial charge in [0, 0.05) is 25.3 Å². The number of nitrogens with one attached hydrogen (secondary N) is 1. The third kappa shape index (κ3) is 7.47. The van der Waals surface area contributed by atoms with Crippen molar-refractivity contribution in [3.05, 3.63) is 0 Å². The molecule has 0 aromatic carbocycles. The zero-order valence-electron chi connectivity index (χ0n) is 13.6. The lowest BCUT2D eigenvalue weighted by molar-refractivity contribution is 0.205. The molecule has 1 atom stereocenters. The van der Waals surface area contributed by atoms with Crippen molar-refractivity contribution in [2.45, 2.75) is 77.0 Å². The van der Waals surface area contributed by atoms with E-state index in [1.807, 2.05) is 0 Å². The van der Waals surface area contributed by atoms with Crippen LogP contribution in [0.15, 0.2) is 0 Å². The predicted octanol–water partition coefficient (Wildman–Crippen LogP) is 3.43. The minimum Gasteiger partial charge on any atom is -0.314 e. The van der Waals surface area contributed by atoms with Gasteiger partial charge < -0.3 is 10.2 Å². The van der Waals surface area contributed by atoms with Crippen LogP contribution in [0, 0.1) is 0 Å². The molecule has 1 fully saturated rings. The number of piperazine rings is 1. The molecule has 1 unspecified atom stereocenters. The summed E-state index contributed by atoms with van der Waals surface area (Å²) in [6.07, 6.45) is 11.5. The van der Waals surface area contributed by atoms with Gasteiger partial charge in [0.1, 0.15) is 0 Å². The fourth-order valence-corrected chi connectivity index (χ4v) is 4.93. The Bertz CT molecular complexity index is 209. The van der Waals surface area contributed by atoms with Crippen LogP contribution in [0.5, 0.6) is 0 Å². The van der Waals surface area contributed by atoms with E-state index in [1.54, 1.807) is 0 Å². The molecule has 1 heterocycles. The highest BCUT2D eigenvalue weighted by Gasteiger charge is 2.24. The molecule has 3 heteroatoms. The van der Waals surface area contributed by atoms with E-state index >= 15 is 0 Å². The zero-order valence-corrected chi connectivity index (χ0v) is 14.7. The summed E-state index contributed by atoms with van der Waals surface area (Å²) < 4.78 is 0. The van der Waals surface area contributed by atoms with E-state index in [9.17, 15) is 0 Å². The van der Waals surface area contributed by atoms with E-state index in [-0.39, 0.29) is 0 Å². The van der Waals surface area contributed by atoms with Gasteiger partial charge in [0.15, 0.2) is 0 Å². The van der Waals surface area contributed by atoms with E-state index < -0.39 is 8.80 Å². The summed E-state index contributed by atoms with van der Waals surface area (Å²) in [7, 11) is -0.524. The molecule has 0 aromatic rings. The summed E-state index contributed by atoms with van der Waals surface area (Å²) in [5.74, 6) is 0. The van der Waals surface area contributed by atoms with E-state index in [0.29, 0.717) is 0 Å². The van der Waals surface area contributed by atoms with Crippen molar-refractivity contribution < 1.29 is 0 Å². The molecule has 1 saturated heterocycles. The zero-order chi connectivity index (χ0) is 13.9. The second kappa shape index (κ2) is 10.9. The maximum atomic E-state index is 3.57. The van der Waals surface area contributed by atoms with Gasteiger partial charge >= 0.3 is 0 Å². The first kappa shape index (κ1) is 17.2. The van der Waals surface area contributed by atoms with Crippen molar-refractivity contribution in [1.82, 2.24) is 10.2 Å². The van der Waals surface area contributed by atoms with Gasteiger partial charge in [-0.2, -0.15) is 0 Å². The van der Waals surface area contributed by atoms with Crippen LogP contribution in [-0.4, -0.2) is 45.5 Å². The lowest BCUT2D eigenvalue weighted by Gasteiger charge is -2.38. The van der Waals surface area contributed by atoms with Gasteiger partial charge in [-0.3, -0.25) is 0 Å². The number of hydrogen-bond acceptors (Lipinski definition) is 2. The van der Waals surface area contributed by atoms with Crippen LogP contribution < -0.4 is 5.32 Å². The molecule has 0 aromatic heterocycles. The molecule has 0 amide bonds. The summed E-state index contributed by atoms with van der Waals surface area (Å²) in [6, 6.07) is 0. The molecule has 2 nitrogen and oxygen atoms in total. The molecule has 19 heavy (non-hydrogen) atoms. The molecular formula is C16H36N2Si. The van der Waals surface area contributed by atoms with E-state index in [1.165, 1.54) is 77.5 Å². The van der Waals surface area contributed by atoms with Crippen LogP contribution in [0.25, 0.3) is 0 Å². The second-order valence-electron chi connectivity index (χ2n) is 6.53. The molecule has 1 aliphatic rings. The average Bonchev–Trinajstić information content (AvgIpc) is 2.42. The maximum absolute atomic E-state index is 3.57. The van der Waals surface area contributed by atoms with Crippen molar-refractivity contribution in [2.24, 2.45) is 0 Å². The Kier molecular flexibility index (Phi) is 9.83. The van der Waals surface area contributed by atoms with Crippen molar-refractivity contribution >= 4 is 8.80 Å². The van der Waals surface area contributed by atoms with Crippen molar-refractivity contribution in [2.75, 3.05) is 26.2 Å². The van der Waals surface area contributed by atoms with E-state index in [4.69, 9.17) is 0 Å². The Labute approximate surface area is 122 Å². The number of unbranched alkanes of at least 4 members (excludes halogenated alkanes) is 7. The van der Waals surface area contributed by atoms with Gasteiger partial charge in [-0.25, -0.2) is 0 Å². The monoisotopic (exact) mass is 284 g/mol. The van der Waals surface area contributed by atoms with Crippen LogP contribution in [0.1, 0.15) is 58.3 Å². The Balaban J connectivity index is 2.01. The summed E-state index contributed by atoms with van der Waals surface area (Å²) in [5.41, 5.74) is 0.901. The standard InChI is InChI=1S/C16H36N2Si/c1-4-5-6-7-8-9-10-11-13-18-14-12-17-15-16(18)19(2)3/h16-17,19H,4-15H2,1-3H3. The van der Waals surface area contributed by atoms with E-state index in [2.05, 4.69) is 30.2 Å². The van der Waals surface area contributed by atoms with Gasteiger partial charge in [-0.1, -0.05) is 65.0 Å². The number of rotatable bonds is 10. The third-order valence-corrected chi connectivity index (χ3v) is 6.66. The highest BCUT2D eigenvalue weighted by atomic mass is 28.3. The summed E-state index contributed by atoms with van der Waals surface area (Å²) in [4.78, 5) is 2.78. The van der Waals surface area contributed by atoms with Gasteiger partial charge in [-0.05, 0) is 13.0 Å². The van der Waals surface area contributed by atoms with Gasteiger partial charge in [0.05, 0.1) is 8.80 Å². The molecular weight excluding hydrogens is 248 g/mol. The first-order valence-corrected chi connectivity index (χ1v) is 11.7. The second-order valence-corrected chi connectivity index (χ2v) is 9.78. The third-order valence-electron chi connectivity index (χ3n) is 4.47. The summed E-state index contributed by atoms with van der Waals surface area (Å²) in [6.45, 7) is 12.4. The van der Waals surface area contributed by atoms with Gasteiger partial charge in [0.2, 0.25) is 0 Å². The first-order valence-electron chi connectivity index (χ1n) is 8.70. The summed E-state index contributed by atoms with van der Waals surface area (Å²) >= 11 is 0. The highest BCUT2D eigenvalue weighted by molar-refractivity contribution is 6.57. The Morgan fingerprint density at radius 2 is 1.63 bits per heavy atom. The van der Waals surface area contributed by atoms with Gasteiger partial charge in [-0.15, -0.1) is 0 Å². The van der Waals surface area contributed by atoms with Crippen LogP contribution in [0.2, 0.25) is 13.1 Å². The first-order chi connectivity index (χ1) is 9.25. The molecule has 0 spiro atoms. The molecule has 0 bridgehead atoms. The van der Waals surface area contributed by atoms with Crippen LogP contribution in [0.3, 0.4) is 0 Å². The quantitative estimate of drug-likeness (QED) is 0.488. The van der Waals surface area contributed by atoms with Crippen LogP contribution in [-0.2, 0) is 0 Å². The SMILES string of the molecule is CCCCCCCCCCN1CCNCC1[SiH](C)C. The Morgan fingerprint density at radius 3 is 2.26 bits per heavy atom.